The van der Waals surface area contributed by atoms with E-state index in [0.29, 0.717) is 5.56 Å². The van der Waals surface area contributed by atoms with Gasteiger partial charge in [-0.3, -0.25) is 4.72 Å². The van der Waals surface area contributed by atoms with Crippen molar-refractivity contribution in [3.05, 3.63) is 59.9 Å². The lowest BCUT2D eigenvalue weighted by Crippen LogP contribution is -2.15. The highest BCUT2D eigenvalue weighted by atomic mass is 32.2. The molecule has 2 rings (SSSR count). The molecule has 2 aromatic rings. The third kappa shape index (κ3) is 3.48. The van der Waals surface area contributed by atoms with Crippen molar-refractivity contribution in [2.24, 2.45) is 10.9 Å². The Bertz CT molecular complexity index is 774. The first-order chi connectivity index (χ1) is 9.92. The van der Waals surface area contributed by atoms with Gasteiger partial charge in [0.25, 0.3) is 10.0 Å². The van der Waals surface area contributed by atoms with Gasteiger partial charge >= 0.3 is 0 Å². The van der Waals surface area contributed by atoms with Crippen LogP contribution in [0.3, 0.4) is 0 Å². The minimum absolute atomic E-state index is 0.0712. The van der Waals surface area contributed by atoms with E-state index >= 15 is 0 Å². The SMILES string of the molecule is N/C(=N/O)c1cccc(NS(=O)(=O)c2ccc(F)cc2)c1. The summed E-state index contributed by atoms with van der Waals surface area (Å²) in [6.07, 6.45) is 0. The molecule has 0 aliphatic heterocycles. The Hall–Kier alpha value is -2.61. The first kappa shape index (κ1) is 14.8. The fourth-order valence-electron chi connectivity index (χ4n) is 1.63. The standard InChI is InChI=1S/C13H12FN3O3S/c14-10-4-6-12(7-5-10)21(19,20)17-11-3-1-2-9(8-11)13(15)16-18/h1-8,17-18H,(H2,15,16). The van der Waals surface area contributed by atoms with Crippen LogP contribution < -0.4 is 10.5 Å². The lowest BCUT2D eigenvalue weighted by molar-refractivity contribution is 0.318. The Kier molecular flexibility index (Phi) is 4.08. The number of hydrogen-bond donors (Lipinski definition) is 3. The van der Waals surface area contributed by atoms with E-state index in [1.807, 2.05) is 0 Å². The zero-order valence-corrected chi connectivity index (χ0v) is 11.5. The van der Waals surface area contributed by atoms with Gasteiger partial charge in [-0.05, 0) is 36.4 Å². The summed E-state index contributed by atoms with van der Waals surface area (Å²) >= 11 is 0. The number of nitrogens with two attached hydrogens (primary N) is 1. The molecular weight excluding hydrogens is 297 g/mol. The summed E-state index contributed by atoms with van der Waals surface area (Å²) in [6.45, 7) is 0. The summed E-state index contributed by atoms with van der Waals surface area (Å²) in [4.78, 5) is -0.0712. The molecule has 0 aromatic heterocycles. The third-order valence-electron chi connectivity index (χ3n) is 2.64. The molecule has 4 N–H and O–H groups in total. The summed E-state index contributed by atoms with van der Waals surface area (Å²) in [6, 6.07) is 10.5. The van der Waals surface area contributed by atoms with Gasteiger partial charge in [-0.25, -0.2) is 12.8 Å². The van der Waals surface area contributed by atoms with Crippen LogP contribution in [0.1, 0.15) is 5.56 Å². The first-order valence-electron chi connectivity index (χ1n) is 5.79. The quantitative estimate of drug-likeness (QED) is 0.346. The number of amidine groups is 1. The molecule has 0 bridgehead atoms. The summed E-state index contributed by atoms with van der Waals surface area (Å²) < 4.78 is 39.4. The van der Waals surface area contributed by atoms with Crippen molar-refractivity contribution in [2.45, 2.75) is 4.90 Å². The Morgan fingerprint density at radius 1 is 1.19 bits per heavy atom. The maximum Gasteiger partial charge on any atom is 0.261 e. The number of hydrogen-bond acceptors (Lipinski definition) is 4. The number of anilines is 1. The van der Waals surface area contributed by atoms with Crippen LogP contribution >= 0.6 is 0 Å². The monoisotopic (exact) mass is 309 g/mol. The van der Waals surface area contributed by atoms with E-state index in [9.17, 15) is 12.8 Å². The normalized spacial score (nSPS) is 12.1. The molecule has 0 amide bonds. The molecule has 2 aromatic carbocycles. The average Bonchev–Trinajstić information content (AvgIpc) is 2.46. The van der Waals surface area contributed by atoms with E-state index in [2.05, 4.69) is 9.88 Å². The van der Waals surface area contributed by atoms with Crippen molar-refractivity contribution in [3.8, 4) is 0 Å². The van der Waals surface area contributed by atoms with Crippen LogP contribution in [0.15, 0.2) is 58.6 Å². The fourth-order valence-corrected chi connectivity index (χ4v) is 2.68. The van der Waals surface area contributed by atoms with Crippen molar-refractivity contribution in [3.63, 3.8) is 0 Å². The molecule has 0 heterocycles. The predicted octanol–water partition coefficient (Wildman–Crippen LogP) is 1.72. The van der Waals surface area contributed by atoms with Gasteiger partial charge in [0.2, 0.25) is 0 Å². The summed E-state index contributed by atoms with van der Waals surface area (Å²) in [5.74, 6) is -0.666. The number of halogens is 1. The zero-order chi connectivity index (χ0) is 15.5. The van der Waals surface area contributed by atoms with E-state index in [1.165, 1.54) is 12.1 Å². The highest BCUT2D eigenvalue weighted by molar-refractivity contribution is 7.92. The maximum absolute atomic E-state index is 12.8. The maximum atomic E-state index is 12.8. The molecule has 21 heavy (non-hydrogen) atoms. The molecule has 0 unspecified atom stereocenters. The second kappa shape index (κ2) is 5.80. The van der Waals surface area contributed by atoms with E-state index in [1.54, 1.807) is 12.1 Å². The fraction of sp³-hybridized carbons (Fsp3) is 0. The van der Waals surface area contributed by atoms with Gasteiger partial charge in [-0.2, -0.15) is 0 Å². The highest BCUT2D eigenvalue weighted by Gasteiger charge is 2.14. The highest BCUT2D eigenvalue weighted by Crippen LogP contribution is 2.17. The second-order valence-electron chi connectivity index (χ2n) is 4.13. The van der Waals surface area contributed by atoms with Crippen molar-refractivity contribution >= 4 is 21.5 Å². The molecule has 110 valence electrons. The number of benzene rings is 2. The van der Waals surface area contributed by atoms with Gasteiger partial charge < -0.3 is 10.9 Å². The lowest BCUT2D eigenvalue weighted by Gasteiger charge is -2.09. The van der Waals surface area contributed by atoms with Crippen molar-refractivity contribution in [2.75, 3.05) is 4.72 Å². The first-order valence-corrected chi connectivity index (χ1v) is 7.27. The van der Waals surface area contributed by atoms with Crippen LogP contribution in [0.4, 0.5) is 10.1 Å². The van der Waals surface area contributed by atoms with Crippen LogP contribution in [-0.4, -0.2) is 19.5 Å². The summed E-state index contributed by atoms with van der Waals surface area (Å²) in [5.41, 5.74) is 6.03. The zero-order valence-electron chi connectivity index (χ0n) is 10.7. The number of oxime groups is 1. The molecule has 0 fully saturated rings. The van der Waals surface area contributed by atoms with Crippen molar-refractivity contribution in [1.82, 2.24) is 0 Å². The van der Waals surface area contributed by atoms with Gasteiger partial charge in [0.05, 0.1) is 4.90 Å². The van der Waals surface area contributed by atoms with Crippen molar-refractivity contribution < 1.29 is 18.0 Å². The minimum Gasteiger partial charge on any atom is -0.409 e. The number of nitrogens with zero attached hydrogens (tertiary/aromatic N) is 1. The molecule has 0 saturated heterocycles. The predicted molar refractivity (Wildman–Crippen MR) is 76.2 cm³/mol. The van der Waals surface area contributed by atoms with Gasteiger partial charge in [0.15, 0.2) is 5.84 Å². The minimum atomic E-state index is -3.84. The number of nitrogens with one attached hydrogen (secondary N) is 1. The summed E-state index contributed by atoms with van der Waals surface area (Å²) in [5, 5.41) is 11.4. The molecule has 0 aliphatic rings. The molecule has 6 nitrogen and oxygen atoms in total. The van der Waals surface area contributed by atoms with E-state index in [0.717, 1.165) is 24.3 Å². The Labute approximate surface area is 120 Å². The number of rotatable bonds is 4. The van der Waals surface area contributed by atoms with Crippen LogP contribution in [-0.2, 0) is 10.0 Å². The molecular formula is C13H12FN3O3S. The molecule has 0 spiro atoms. The Morgan fingerprint density at radius 3 is 2.48 bits per heavy atom. The van der Waals surface area contributed by atoms with Gasteiger partial charge in [-0.1, -0.05) is 17.3 Å². The Balaban J connectivity index is 2.31. The largest absolute Gasteiger partial charge is 0.409 e. The van der Waals surface area contributed by atoms with Crippen LogP contribution in [0, 0.1) is 5.82 Å². The van der Waals surface area contributed by atoms with E-state index < -0.39 is 15.8 Å². The molecule has 0 aliphatic carbocycles. The molecule has 0 atom stereocenters. The van der Waals surface area contributed by atoms with Gasteiger partial charge in [0.1, 0.15) is 5.82 Å². The second-order valence-corrected chi connectivity index (χ2v) is 5.81. The van der Waals surface area contributed by atoms with Gasteiger partial charge in [0, 0.05) is 11.3 Å². The van der Waals surface area contributed by atoms with Crippen LogP contribution in [0.5, 0.6) is 0 Å². The molecule has 8 heteroatoms. The topological polar surface area (TPSA) is 105 Å². The summed E-state index contributed by atoms with van der Waals surface area (Å²) in [7, 11) is -3.84. The Morgan fingerprint density at radius 2 is 1.86 bits per heavy atom. The van der Waals surface area contributed by atoms with E-state index in [4.69, 9.17) is 10.9 Å². The molecule has 0 radical (unpaired) electrons. The van der Waals surface area contributed by atoms with Crippen molar-refractivity contribution in [1.29, 1.82) is 0 Å². The van der Waals surface area contributed by atoms with Crippen LogP contribution in [0.25, 0.3) is 0 Å². The van der Waals surface area contributed by atoms with Gasteiger partial charge in [-0.15, -0.1) is 0 Å². The third-order valence-corrected chi connectivity index (χ3v) is 4.04. The van der Waals surface area contributed by atoms with E-state index in [-0.39, 0.29) is 16.4 Å². The van der Waals surface area contributed by atoms with Crippen LogP contribution in [0.2, 0.25) is 0 Å². The lowest BCUT2D eigenvalue weighted by atomic mass is 10.2. The number of sulfonamides is 1. The smallest absolute Gasteiger partial charge is 0.261 e. The molecule has 0 saturated carbocycles. The average molecular weight is 309 g/mol.